The van der Waals surface area contributed by atoms with Crippen molar-refractivity contribution in [2.45, 2.75) is 127 Å². The van der Waals surface area contributed by atoms with Crippen LogP contribution in [0.3, 0.4) is 0 Å². The van der Waals surface area contributed by atoms with Crippen molar-refractivity contribution >= 4 is 185 Å². The van der Waals surface area contributed by atoms with Crippen LogP contribution in [0.2, 0.25) is 30.3 Å². The summed E-state index contributed by atoms with van der Waals surface area (Å²) in [7, 11) is 0. The number of halogens is 7. The van der Waals surface area contributed by atoms with Crippen molar-refractivity contribution in [1.29, 1.82) is 0 Å². The molecule has 0 aliphatic rings. The van der Waals surface area contributed by atoms with Gasteiger partial charge >= 0.3 is 0 Å². The van der Waals surface area contributed by atoms with E-state index in [1.54, 1.807) is 66.7 Å². The van der Waals surface area contributed by atoms with Crippen LogP contribution in [0.1, 0.15) is 190 Å². The first-order chi connectivity index (χ1) is 45.5. The quantitative estimate of drug-likeness (QED) is 0.0613. The summed E-state index contributed by atoms with van der Waals surface area (Å²) < 4.78 is 12.9. The number of pyridine rings is 5. The fraction of sp³-hybridized carbons (Fsp3) is 0.275. The molecule has 0 aromatic carbocycles. The molecule has 0 saturated carbocycles. The number of hydrogen-bond acceptors (Lipinski definition) is 15. The van der Waals surface area contributed by atoms with E-state index in [2.05, 4.69) is 79.2 Å². The topological polar surface area (TPSA) is 210 Å². The van der Waals surface area contributed by atoms with E-state index in [0.717, 1.165) is 47.9 Å². The lowest BCUT2D eigenvalue weighted by Gasteiger charge is -2.04. The fourth-order valence-electron chi connectivity index (χ4n) is 7.94. The second kappa shape index (κ2) is 39.0. The lowest BCUT2D eigenvalue weighted by molar-refractivity contribution is 0.102. The molecule has 0 spiro atoms. The van der Waals surface area contributed by atoms with Crippen molar-refractivity contribution in [3.8, 4) is 0 Å². The van der Waals surface area contributed by atoms with E-state index < -0.39 is 5.95 Å². The predicted molar refractivity (Wildman–Crippen MR) is 404 cm³/mol. The van der Waals surface area contributed by atoms with Crippen molar-refractivity contribution in [3.05, 3.63) is 223 Å². The van der Waals surface area contributed by atoms with E-state index in [9.17, 15) is 28.4 Å². The minimum atomic E-state index is -0.634. The number of nitrogens with zero attached hydrogens (tertiary/aromatic N) is 5. The molecule has 10 aromatic heterocycles. The number of anilines is 5. The number of aryl methyl sites for hydroxylation is 4. The van der Waals surface area contributed by atoms with Gasteiger partial charge in [0.1, 0.15) is 34.2 Å². The summed E-state index contributed by atoms with van der Waals surface area (Å²) in [4.78, 5) is 88.5. The summed E-state index contributed by atoms with van der Waals surface area (Å²) in [5, 5.41) is 17.1. The smallest absolute Gasteiger partial charge is 0.266 e. The van der Waals surface area contributed by atoms with Gasteiger partial charge < -0.3 is 26.6 Å². The summed E-state index contributed by atoms with van der Waals surface area (Å²) in [6.45, 7) is 28.0. The third-order valence-electron chi connectivity index (χ3n) is 12.5. The van der Waals surface area contributed by atoms with Crippen LogP contribution in [0.4, 0.5) is 33.5 Å². The zero-order chi connectivity index (χ0) is 71.1. The highest BCUT2D eigenvalue weighted by molar-refractivity contribution is 7.16. The number of amides is 5. The highest BCUT2D eigenvalue weighted by atomic mass is 35.5. The Balaban J connectivity index is 0.000000216. The zero-order valence-electron chi connectivity index (χ0n) is 55.0. The van der Waals surface area contributed by atoms with Crippen LogP contribution < -0.4 is 26.6 Å². The summed E-state index contributed by atoms with van der Waals surface area (Å²) in [5.41, 5.74) is 2.68. The number of thiophene rings is 5. The van der Waals surface area contributed by atoms with Crippen molar-refractivity contribution in [2.75, 3.05) is 26.6 Å². The predicted octanol–water partition coefficient (Wildman–Crippen LogP) is 23.0. The zero-order valence-corrected chi connectivity index (χ0v) is 63.6. The lowest BCUT2D eigenvalue weighted by Crippen LogP contribution is -2.11. The number of hydrogen-bond donors (Lipinski definition) is 5. The maximum atomic E-state index is 12.9. The third-order valence-corrected chi connectivity index (χ3v) is 21.7. The van der Waals surface area contributed by atoms with Gasteiger partial charge in [0.2, 0.25) is 5.95 Å². The Morgan fingerprint density at radius 3 is 0.948 bits per heavy atom. The highest BCUT2D eigenvalue weighted by Gasteiger charge is 2.21. The molecule has 15 nitrogen and oxygen atoms in total. The fourth-order valence-corrected chi connectivity index (χ4v) is 15.0. The standard InChI is InChI=1S/C15H17ClN2OS.C14H15ClN2OS.C13H12Cl2N2OS.C13H12ClFN2OS.C12H11ClN2OS.C2H6/c1-4-10-6-5-7-13(17-10)18-15(19)12-8-11(16)14(20-12)9(2)3;1-8(2)13-10(15)7-11(19-13)14(18)17-12-6-4-5-9(3)16-12;2*1-7(2)12-8(14)6-9(19-12)13(18)17-11-5-3-4-10(15)16-11;1-7-4-3-5-11(14-7)15-12(16)10-6-9(13)8(2)17-10;1-2/h5-9H,4H2,1-3H3,(H,17,18,19);4-8H,1-3H3,(H,16,17,18);2*3-7H,1-2H3,(H,16,17,18);3-6H,1-2H3,(H,14,15,16);1-2H3. The monoisotopic (exact) mass is 1510 g/mol. The van der Waals surface area contributed by atoms with E-state index in [4.69, 9.17) is 69.6 Å². The Morgan fingerprint density at radius 2 is 0.667 bits per heavy atom. The van der Waals surface area contributed by atoms with E-state index in [0.29, 0.717) is 95.7 Å². The third kappa shape index (κ3) is 25.0. The molecule has 96 heavy (non-hydrogen) atoms. The van der Waals surface area contributed by atoms with Gasteiger partial charge in [0.15, 0.2) is 0 Å². The van der Waals surface area contributed by atoms with E-state index in [1.165, 1.54) is 74.9 Å². The number of nitrogens with one attached hydrogen (secondary N) is 5. The van der Waals surface area contributed by atoms with Gasteiger partial charge in [0, 0.05) is 41.5 Å². The molecule has 10 heterocycles. The summed E-state index contributed by atoms with van der Waals surface area (Å²) in [6.07, 6.45) is 0.839. The van der Waals surface area contributed by atoms with E-state index in [-0.39, 0.29) is 41.3 Å². The molecule has 0 aliphatic carbocycles. The Labute approximate surface area is 610 Å². The van der Waals surface area contributed by atoms with Crippen LogP contribution in [0.5, 0.6) is 0 Å². The van der Waals surface area contributed by atoms with Gasteiger partial charge in [-0.2, -0.15) is 4.39 Å². The number of aromatic nitrogens is 5. The van der Waals surface area contributed by atoms with Crippen LogP contribution in [0, 0.1) is 26.7 Å². The first kappa shape index (κ1) is 80.0. The Bertz CT molecular complexity index is 3990. The minimum Gasteiger partial charge on any atom is -0.306 e. The molecule has 0 aliphatic heterocycles. The molecule has 508 valence electrons. The van der Waals surface area contributed by atoms with Crippen molar-refractivity contribution < 1.29 is 28.4 Å². The Morgan fingerprint density at radius 1 is 0.385 bits per heavy atom. The molecule has 0 radical (unpaired) electrons. The molecule has 0 bridgehead atoms. The Hall–Kier alpha value is -6.73. The molecule has 10 rings (SSSR count). The van der Waals surface area contributed by atoms with Gasteiger partial charge in [-0.25, -0.2) is 24.9 Å². The molecule has 10 aromatic rings. The average molecular weight is 1510 g/mol. The molecule has 0 saturated heterocycles. The van der Waals surface area contributed by atoms with Gasteiger partial charge in [-0.1, -0.05) is 176 Å². The molecule has 27 heteroatoms. The van der Waals surface area contributed by atoms with Gasteiger partial charge in [-0.05, 0) is 142 Å². The van der Waals surface area contributed by atoms with Gasteiger partial charge in [0.25, 0.3) is 29.5 Å². The number of rotatable bonds is 15. The molecule has 0 unspecified atom stereocenters. The van der Waals surface area contributed by atoms with Crippen LogP contribution in [0.25, 0.3) is 0 Å². The lowest BCUT2D eigenvalue weighted by atomic mass is 10.2. The average Bonchev–Trinajstić information content (AvgIpc) is 1.84. The first-order valence-electron chi connectivity index (χ1n) is 30.1. The summed E-state index contributed by atoms with van der Waals surface area (Å²) >= 11 is 43.1. The molecular weight excluding hydrogens is 1440 g/mol. The minimum absolute atomic E-state index is 0.162. The summed E-state index contributed by atoms with van der Waals surface area (Å²) in [6, 6.07) is 34.3. The Kier molecular flexibility index (Phi) is 32.5. The van der Waals surface area contributed by atoms with Crippen molar-refractivity contribution in [3.63, 3.8) is 0 Å². The largest absolute Gasteiger partial charge is 0.306 e. The molecule has 5 amide bonds. The molecule has 0 atom stereocenters. The number of carbonyl (C=O) groups excluding carboxylic acids is 5. The van der Waals surface area contributed by atoms with Gasteiger partial charge in [-0.15, -0.1) is 56.7 Å². The molecular formula is C69H73Cl6FN10O5S5. The second-order valence-corrected chi connectivity index (χ2v) is 29.6. The maximum absolute atomic E-state index is 12.9. The SMILES string of the molecule is CC.CC(C)c1sc(C(=O)Nc2cccc(Cl)n2)cc1Cl.CC(C)c1sc(C(=O)Nc2cccc(F)n2)cc1Cl.CCc1cccc(NC(=O)c2cc(Cl)c(C(C)C)s2)n1.Cc1cccc(NC(=O)c2cc(Cl)c(C(C)C)s2)n1.Cc1cccc(NC(=O)c2cc(Cl)c(C)s2)n1. The van der Waals surface area contributed by atoms with Crippen LogP contribution in [0.15, 0.2) is 121 Å². The van der Waals surface area contributed by atoms with E-state index in [1.807, 2.05) is 106 Å². The first-order valence-corrected chi connectivity index (χ1v) is 36.4. The maximum Gasteiger partial charge on any atom is 0.266 e. The van der Waals surface area contributed by atoms with Crippen molar-refractivity contribution in [2.24, 2.45) is 0 Å². The van der Waals surface area contributed by atoms with E-state index >= 15 is 0 Å². The molecule has 5 N–H and O–H groups in total. The van der Waals surface area contributed by atoms with Crippen LogP contribution >= 0.6 is 126 Å². The van der Waals surface area contributed by atoms with Gasteiger partial charge in [0.05, 0.1) is 49.5 Å². The van der Waals surface area contributed by atoms with Crippen LogP contribution in [-0.2, 0) is 6.42 Å². The highest BCUT2D eigenvalue weighted by Crippen LogP contribution is 2.37. The van der Waals surface area contributed by atoms with Crippen LogP contribution in [-0.4, -0.2) is 54.5 Å². The number of carbonyl (C=O) groups is 5. The second-order valence-electron chi connectivity index (χ2n) is 21.6. The summed E-state index contributed by atoms with van der Waals surface area (Å²) in [5.74, 6) is 1.76. The van der Waals surface area contributed by atoms with Gasteiger partial charge in [-0.3, -0.25) is 24.0 Å². The molecule has 0 fully saturated rings. The normalized spacial score (nSPS) is 10.6. The van der Waals surface area contributed by atoms with Crippen molar-refractivity contribution in [1.82, 2.24) is 24.9 Å².